The molecule has 0 saturated carbocycles. The highest BCUT2D eigenvalue weighted by Crippen LogP contribution is 2.29. The Morgan fingerprint density at radius 2 is 2.03 bits per heavy atom. The first kappa shape index (κ1) is 24.1. The molecule has 1 rings (SSSR count). The van der Waals surface area contributed by atoms with Gasteiger partial charge in [-0.15, -0.1) is 18.3 Å². The molecule has 0 saturated heterocycles. The van der Waals surface area contributed by atoms with Gasteiger partial charge in [0.2, 0.25) is 10.0 Å². The van der Waals surface area contributed by atoms with Crippen molar-refractivity contribution < 1.29 is 32.5 Å². The molecule has 0 aliphatic carbocycles. The molecule has 0 spiro atoms. The van der Waals surface area contributed by atoms with Gasteiger partial charge in [0.15, 0.2) is 6.61 Å². The lowest BCUT2D eigenvalue weighted by molar-refractivity contribution is -0.388. The normalized spacial score (nSPS) is 10.7. The molecule has 12 nitrogen and oxygen atoms in total. The average molecular weight is 446 g/mol. The van der Waals surface area contributed by atoms with Gasteiger partial charge in [0.25, 0.3) is 11.6 Å². The number of nitrogens with zero attached hydrogens (tertiary/aromatic N) is 1. The van der Waals surface area contributed by atoms with Crippen LogP contribution in [-0.4, -0.2) is 57.2 Å². The molecule has 0 heterocycles. The number of sulfonamides is 1. The summed E-state index contributed by atoms with van der Waals surface area (Å²) in [6, 6.07) is 2.48. The van der Waals surface area contributed by atoms with Crippen LogP contribution in [0, 0.1) is 10.1 Å². The van der Waals surface area contributed by atoms with Crippen LogP contribution in [0.5, 0.6) is 0 Å². The minimum absolute atomic E-state index is 0.122. The van der Waals surface area contributed by atoms with Crippen molar-refractivity contribution >= 4 is 45.4 Å². The second kappa shape index (κ2) is 11.1. The van der Waals surface area contributed by atoms with E-state index in [0.717, 1.165) is 23.9 Å². The zero-order valence-electron chi connectivity index (χ0n) is 15.2. The van der Waals surface area contributed by atoms with Gasteiger partial charge in [-0.25, -0.2) is 13.2 Å². The Morgan fingerprint density at radius 3 is 2.62 bits per heavy atom. The van der Waals surface area contributed by atoms with Gasteiger partial charge >= 0.3 is 12.0 Å². The monoisotopic (exact) mass is 446 g/mol. The van der Waals surface area contributed by atoms with Gasteiger partial charge in [0.1, 0.15) is 6.54 Å². The molecular formula is C15H18N4O8S2. The number of thioether (sulfide) groups is 1. The van der Waals surface area contributed by atoms with E-state index in [1.807, 2.05) is 10.0 Å². The molecular weight excluding hydrogens is 428 g/mol. The molecule has 0 unspecified atom stereocenters. The van der Waals surface area contributed by atoms with Gasteiger partial charge in [0.05, 0.1) is 14.7 Å². The summed E-state index contributed by atoms with van der Waals surface area (Å²) >= 11 is 1.08. The predicted octanol–water partition coefficient (Wildman–Crippen LogP) is 0.150. The van der Waals surface area contributed by atoms with Gasteiger partial charge in [0, 0.05) is 12.6 Å². The van der Waals surface area contributed by atoms with Gasteiger partial charge in [-0.3, -0.25) is 25.0 Å². The molecule has 158 valence electrons. The van der Waals surface area contributed by atoms with Crippen LogP contribution in [0.2, 0.25) is 0 Å². The number of imide groups is 1. The third-order valence-electron chi connectivity index (χ3n) is 3.09. The molecule has 0 fully saturated rings. The second-order valence-corrected chi connectivity index (χ2v) is 7.74. The summed E-state index contributed by atoms with van der Waals surface area (Å²) in [6.07, 6.45) is 2.99. The molecule has 3 amide bonds. The molecule has 3 N–H and O–H groups in total. The number of carbonyl (C=O) groups excluding carboxylic acids is 3. The maximum atomic E-state index is 12.2. The Bertz CT molecular complexity index is 917. The Balaban J connectivity index is 2.61. The predicted molar refractivity (Wildman–Crippen MR) is 103 cm³/mol. The second-order valence-electron chi connectivity index (χ2n) is 5.12. The fraction of sp³-hybridized carbons (Fsp3) is 0.267. The van der Waals surface area contributed by atoms with Crippen LogP contribution < -0.4 is 15.4 Å². The third-order valence-corrected chi connectivity index (χ3v) is 5.27. The van der Waals surface area contributed by atoms with E-state index in [-0.39, 0.29) is 11.4 Å². The summed E-state index contributed by atoms with van der Waals surface area (Å²) in [5.41, 5.74) is -0.394. The molecule has 0 aromatic heterocycles. The Kier molecular flexibility index (Phi) is 9.24. The number of hydrogen-bond donors (Lipinski definition) is 3. The van der Waals surface area contributed by atoms with E-state index in [4.69, 9.17) is 0 Å². The van der Waals surface area contributed by atoms with Crippen LogP contribution in [0.15, 0.2) is 40.6 Å². The number of benzene rings is 1. The van der Waals surface area contributed by atoms with Crippen molar-refractivity contribution in [1.82, 2.24) is 15.4 Å². The van der Waals surface area contributed by atoms with Crippen molar-refractivity contribution in [3.8, 4) is 0 Å². The number of nitro groups is 1. The number of carbonyl (C=O) groups is 3. The lowest BCUT2D eigenvalue weighted by atomic mass is 10.3. The van der Waals surface area contributed by atoms with Crippen molar-refractivity contribution in [2.45, 2.75) is 9.79 Å². The molecule has 0 aliphatic rings. The fourth-order valence-electron chi connectivity index (χ4n) is 1.79. The van der Waals surface area contributed by atoms with E-state index >= 15 is 0 Å². The van der Waals surface area contributed by atoms with Gasteiger partial charge in [-0.05, 0) is 18.4 Å². The first-order chi connectivity index (χ1) is 13.6. The summed E-state index contributed by atoms with van der Waals surface area (Å²) < 4.78 is 30.9. The molecule has 29 heavy (non-hydrogen) atoms. The van der Waals surface area contributed by atoms with E-state index in [9.17, 15) is 32.9 Å². The average Bonchev–Trinajstić information content (AvgIpc) is 2.68. The molecule has 0 radical (unpaired) electrons. The lowest BCUT2D eigenvalue weighted by Gasteiger charge is -2.08. The van der Waals surface area contributed by atoms with Crippen molar-refractivity contribution in [3.05, 3.63) is 41.0 Å². The smallest absolute Gasteiger partial charge is 0.321 e. The van der Waals surface area contributed by atoms with E-state index in [0.29, 0.717) is 0 Å². The topological polar surface area (TPSA) is 174 Å². The number of amides is 3. The van der Waals surface area contributed by atoms with Crippen LogP contribution in [0.4, 0.5) is 10.5 Å². The maximum absolute atomic E-state index is 12.2. The number of rotatable bonds is 10. The summed E-state index contributed by atoms with van der Waals surface area (Å²) in [5.74, 6) is -2.02. The largest absolute Gasteiger partial charge is 0.455 e. The SMILES string of the molecule is C=CCNC(=O)NC(=O)COC(=O)CNS(=O)(=O)c1ccc(SC)c([N+](=O)[O-])c1. The highest BCUT2D eigenvalue weighted by molar-refractivity contribution is 7.98. The summed E-state index contributed by atoms with van der Waals surface area (Å²) in [6.45, 7) is 1.86. The van der Waals surface area contributed by atoms with E-state index in [1.165, 1.54) is 12.1 Å². The van der Waals surface area contributed by atoms with E-state index < -0.39 is 56.6 Å². The van der Waals surface area contributed by atoms with Crippen molar-refractivity contribution in [2.24, 2.45) is 0 Å². The van der Waals surface area contributed by atoms with Crippen LogP contribution in [0.25, 0.3) is 0 Å². The molecule has 14 heteroatoms. The molecule has 0 atom stereocenters. The quantitative estimate of drug-likeness (QED) is 0.149. The van der Waals surface area contributed by atoms with Gasteiger partial charge < -0.3 is 10.1 Å². The van der Waals surface area contributed by atoms with Crippen molar-refractivity contribution in [2.75, 3.05) is 26.0 Å². The zero-order chi connectivity index (χ0) is 22.0. The maximum Gasteiger partial charge on any atom is 0.321 e. The highest BCUT2D eigenvalue weighted by atomic mass is 32.2. The van der Waals surface area contributed by atoms with E-state index in [2.05, 4.69) is 16.6 Å². The Morgan fingerprint density at radius 1 is 1.34 bits per heavy atom. The summed E-state index contributed by atoms with van der Waals surface area (Å²) in [5, 5.41) is 15.2. The summed E-state index contributed by atoms with van der Waals surface area (Å²) in [7, 11) is -4.24. The van der Waals surface area contributed by atoms with Gasteiger partial charge in [-0.1, -0.05) is 6.08 Å². The number of esters is 1. The number of nitro benzene ring substituents is 1. The first-order valence-electron chi connectivity index (χ1n) is 7.77. The number of nitrogens with one attached hydrogen (secondary N) is 3. The third kappa shape index (κ3) is 7.89. The van der Waals surface area contributed by atoms with Crippen LogP contribution >= 0.6 is 11.8 Å². The van der Waals surface area contributed by atoms with Crippen LogP contribution in [-0.2, 0) is 24.3 Å². The lowest BCUT2D eigenvalue weighted by Crippen LogP contribution is -2.42. The Hall–Kier alpha value is -2.97. The highest BCUT2D eigenvalue weighted by Gasteiger charge is 2.22. The minimum Gasteiger partial charge on any atom is -0.455 e. The molecule has 0 aliphatic heterocycles. The van der Waals surface area contributed by atoms with Crippen LogP contribution in [0.3, 0.4) is 0 Å². The van der Waals surface area contributed by atoms with Crippen molar-refractivity contribution in [1.29, 1.82) is 0 Å². The minimum atomic E-state index is -4.24. The number of hydrogen-bond acceptors (Lipinski definition) is 9. The van der Waals surface area contributed by atoms with Crippen molar-refractivity contribution in [3.63, 3.8) is 0 Å². The van der Waals surface area contributed by atoms with Crippen LogP contribution in [0.1, 0.15) is 0 Å². The Labute approximate surface area is 170 Å². The number of urea groups is 1. The first-order valence-corrected chi connectivity index (χ1v) is 10.5. The molecule has 1 aromatic carbocycles. The fourth-order valence-corrected chi connectivity index (χ4v) is 3.32. The number of ether oxygens (including phenoxy) is 1. The summed E-state index contributed by atoms with van der Waals surface area (Å²) in [4.78, 5) is 44.4. The van der Waals surface area contributed by atoms with E-state index in [1.54, 1.807) is 6.26 Å². The standard InChI is InChI=1S/C15H18N4O8S2/c1-3-6-16-15(22)18-13(20)9-27-14(21)8-17-29(25,26)10-4-5-12(28-2)11(7-10)19(23)24/h3-5,7,17H,1,6,8-9H2,2H3,(H2,16,18,20,22). The zero-order valence-corrected chi connectivity index (χ0v) is 16.8. The molecule has 0 bridgehead atoms. The van der Waals surface area contributed by atoms with Gasteiger partial charge in [-0.2, -0.15) is 4.72 Å². The molecule has 1 aromatic rings.